The van der Waals surface area contributed by atoms with Crippen LogP contribution in [-0.4, -0.2) is 61.5 Å². The van der Waals surface area contributed by atoms with Gasteiger partial charge >= 0.3 is 0 Å². The van der Waals surface area contributed by atoms with Crippen LogP contribution in [0.1, 0.15) is 26.7 Å². The third kappa shape index (κ3) is 3.19. The molecule has 0 aromatic rings. The van der Waals surface area contributed by atoms with E-state index in [0.717, 1.165) is 32.5 Å². The Labute approximate surface area is 99.0 Å². The zero-order valence-corrected chi connectivity index (χ0v) is 11.0. The number of hydrogen-bond acceptors (Lipinski definition) is 3. The Hall–Kier alpha value is -0.610. The SMILES string of the molecule is CCC(C)N(C)CCN1CCC(NC)C1=O. The lowest BCUT2D eigenvalue weighted by Gasteiger charge is -2.26. The van der Waals surface area contributed by atoms with E-state index in [1.54, 1.807) is 0 Å². The third-order valence-electron chi connectivity index (χ3n) is 3.71. The van der Waals surface area contributed by atoms with Crippen molar-refractivity contribution < 1.29 is 4.79 Å². The zero-order valence-electron chi connectivity index (χ0n) is 11.0. The van der Waals surface area contributed by atoms with Crippen LogP contribution in [-0.2, 0) is 4.79 Å². The van der Waals surface area contributed by atoms with Crippen LogP contribution in [0.25, 0.3) is 0 Å². The van der Waals surface area contributed by atoms with Gasteiger partial charge in [0.2, 0.25) is 5.91 Å². The summed E-state index contributed by atoms with van der Waals surface area (Å²) in [6, 6.07) is 0.645. The topological polar surface area (TPSA) is 35.6 Å². The summed E-state index contributed by atoms with van der Waals surface area (Å²) in [5, 5.41) is 3.06. The van der Waals surface area contributed by atoms with Crippen LogP contribution >= 0.6 is 0 Å². The van der Waals surface area contributed by atoms with Crippen molar-refractivity contribution in [2.75, 3.05) is 33.7 Å². The van der Waals surface area contributed by atoms with Crippen LogP contribution in [0.15, 0.2) is 0 Å². The number of hydrogen-bond donors (Lipinski definition) is 1. The molecule has 1 fully saturated rings. The first-order valence-electron chi connectivity index (χ1n) is 6.26. The normalized spacial score (nSPS) is 23.2. The monoisotopic (exact) mass is 227 g/mol. The van der Waals surface area contributed by atoms with Gasteiger partial charge in [-0.1, -0.05) is 6.92 Å². The molecule has 16 heavy (non-hydrogen) atoms. The standard InChI is InChI=1S/C12H25N3O/c1-5-10(2)14(4)8-9-15-7-6-11(13-3)12(15)16/h10-11,13H,5-9H2,1-4H3. The second-order valence-electron chi connectivity index (χ2n) is 4.69. The first-order valence-corrected chi connectivity index (χ1v) is 6.26. The average molecular weight is 227 g/mol. The van der Waals surface area contributed by atoms with E-state index in [0.29, 0.717) is 6.04 Å². The first-order chi connectivity index (χ1) is 7.60. The fraction of sp³-hybridized carbons (Fsp3) is 0.917. The van der Waals surface area contributed by atoms with Crippen molar-refractivity contribution in [3.8, 4) is 0 Å². The minimum absolute atomic E-state index is 0.0499. The molecular formula is C12H25N3O. The van der Waals surface area contributed by atoms with Gasteiger partial charge in [-0.15, -0.1) is 0 Å². The molecule has 4 heteroatoms. The van der Waals surface area contributed by atoms with Crippen LogP contribution < -0.4 is 5.32 Å². The van der Waals surface area contributed by atoms with Gasteiger partial charge in [0, 0.05) is 25.7 Å². The fourth-order valence-corrected chi connectivity index (χ4v) is 2.04. The zero-order chi connectivity index (χ0) is 12.1. The van der Waals surface area contributed by atoms with Crippen molar-refractivity contribution in [3.05, 3.63) is 0 Å². The van der Waals surface area contributed by atoms with Gasteiger partial charge in [-0.25, -0.2) is 0 Å². The molecule has 0 aromatic heterocycles. The highest BCUT2D eigenvalue weighted by Gasteiger charge is 2.29. The quantitative estimate of drug-likeness (QED) is 0.719. The Balaban J connectivity index is 2.31. The van der Waals surface area contributed by atoms with Crippen molar-refractivity contribution >= 4 is 5.91 Å². The summed E-state index contributed by atoms with van der Waals surface area (Å²) < 4.78 is 0. The lowest BCUT2D eigenvalue weighted by Crippen LogP contribution is -2.41. The Morgan fingerprint density at radius 1 is 1.62 bits per heavy atom. The van der Waals surface area contributed by atoms with Crippen molar-refractivity contribution in [2.24, 2.45) is 0 Å². The van der Waals surface area contributed by atoms with Crippen molar-refractivity contribution in [2.45, 2.75) is 38.8 Å². The Kier molecular flexibility index (Phi) is 5.22. The number of carbonyl (C=O) groups is 1. The van der Waals surface area contributed by atoms with E-state index >= 15 is 0 Å². The number of nitrogens with one attached hydrogen (secondary N) is 1. The van der Waals surface area contributed by atoms with Gasteiger partial charge in [0.1, 0.15) is 0 Å². The maximum atomic E-state index is 11.8. The number of rotatable bonds is 6. The lowest BCUT2D eigenvalue weighted by atomic mass is 10.2. The summed E-state index contributed by atoms with van der Waals surface area (Å²) in [4.78, 5) is 16.1. The molecule has 2 unspecified atom stereocenters. The number of carbonyl (C=O) groups excluding carboxylic acids is 1. The molecule has 0 bridgehead atoms. The second kappa shape index (κ2) is 6.21. The largest absolute Gasteiger partial charge is 0.340 e. The van der Waals surface area contributed by atoms with Gasteiger partial charge in [0.25, 0.3) is 0 Å². The molecule has 1 N–H and O–H groups in total. The van der Waals surface area contributed by atoms with E-state index < -0.39 is 0 Å². The molecule has 0 aliphatic carbocycles. The molecule has 1 saturated heterocycles. The van der Waals surface area contributed by atoms with Crippen molar-refractivity contribution in [1.82, 2.24) is 15.1 Å². The summed E-state index contributed by atoms with van der Waals surface area (Å²) in [6.45, 7) is 7.15. The van der Waals surface area contributed by atoms with Crippen LogP contribution in [0.4, 0.5) is 0 Å². The first kappa shape index (κ1) is 13.5. The van der Waals surface area contributed by atoms with Crippen molar-refractivity contribution in [1.29, 1.82) is 0 Å². The molecule has 94 valence electrons. The highest BCUT2D eigenvalue weighted by atomic mass is 16.2. The van der Waals surface area contributed by atoms with Crippen LogP contribution in [0.2, 0.25) is 0 Å². The van der Waals surface area contributed by atoms with E-state index in [4.69, 9.17) is 0 Å². The predicted octanol–water partition coefficient (Wildman–Crippen LogP) is 0.537. The van der Waals surface area contributed by atoms with Crippen molar-refractivity contribution in [3.63, 3.8) is 0 Å². The Bertz CT molecular complexity index is 232. The van der Waals surface area contributed by atoms with Gasteiger partial charge < -0.3 is 15.1 Å². The number of amides is 1. The summed E-state index contributed by atoms with van der Waals surface area (Å²) in [6.07, 6.45) is 2.10. The summed E-state index contributed by atoms with van der Waals surface area (Å²) in [5.74, 6) is 0.264. The van der Waals surface area contributed by atoms with Crippen LogP contribution in [0.3, 0.4) is 0 Å². The molecule has 2 atom stereocenters. The summed E-state index contributed by atoms with van der Waals surface area (Å²) in [7, 11) is 3.99. The minimum Gasteiger partial charge on any atom is -0.340 e. The van der Waals surface area contributed by atoms with E-state index in [1.165, 1.54) is 0 Å². The lowest BCUT2D eigenvalue weighted by molar-refractivity contribution is -0.129. The highest BCUT2D eigenvalue weighted by molar-refractivity contribution is 5.83. The molecule has 4 nitrogen and oxygen atoms in total. The number of nitrogens with zero attached hydrogens (tertiary/aromatic N) is 2. The van der Waals surface area contributed by atoms with E-state index in [9.17, 15) is 4.79 Å². The van der Waals surface area contributed by atoms with E-state index in [2.05, 4.69) is 31.1 Å². The molecule has 1 aliphatic rings. The maximum absolute atomic E-state index is 11.8. The second-order valence-corrected chi connectivity index (χ2v) is 4.69. The van der Waals surface area contributed by atoms with E-state index in [1.807, 2.05) is 11.9 Å². The number of likely N-dealkylation sites (tertiary alicyclic amines) is 1. The Morgan fingerprint density at radius 2 is 2.31 bits per heavy atom. The smallest absolute Gasteiger partial charge is 0.239 e. The molecule has 1 aliphatic heterocycles. The molecule has 1 heterocycles. The van der Waals surface area contributed by atoms with Crippen LogP contribution in [0, 0.1) is 0 Å². The molecular weight excluding hydrogens is 202 g/mol. The maximum Gasteiger partial charge on any atom is 0.239 e. The molecule has 1 rings (SSSR count). The van der Waals surface area contributed by atoms with Gasteiger partial charge in [0.05, 0.1) is 6.04 Å². The fourth-order valence-electron chi connectivity index (χ4n) is 2.04. The van der Waals surface area contributed by atoms with Gasteiger partial charge in [-0.2, -0.15) is 0 Å². The Morgan fingerprint density at radius 3 is 2.81 bits per heavy atom. The van der Waals surface area contributed by atoms with Gasteiger partial charge in [0.15, 0.2) is 0 Å². The van der Waals surface area contributed by atoms with E-state index in [-0.39, 0.29) is 11.9 Å². The molecule has 0 radical (unpaired) electrons. The summed E-state index contributed by atoms with van der Waals surface area (Å²) in [5.41, 5.74) is 0. The van der Waals surface area contributed by atoms with Gasteiger partial charge in [-0.05, 0) is 33.9 Å². The van der Waals surface area contributed by atoms with Gasteiger partial charge in [-0.3, -0.25) is 4.79 Å². The molecule has 1 amide bonds. The van der Waals surface area contributed by atoms with Crippen LogP contribution in [0.5, 0.6) is 0 Å². The highest BCUT2D eigenvalue weighted by Crippen LogP contribution is 2.10. The summed E-state index contributed by atoms with van der Waals surface area (Å²) >= 11 is 0. The average Bonchev–Trinajstić information content (AvgIpc) is 2.65. The molecule has 0 aromatic carbocycles. The third-order valence-corrected chi connectivity index (χ3v) is 3.71. The predicted molar refractivity (Wildman–Crippen MR) is 66.4 cm³/mol. The number of likely N-dealkylation sites (N-methyl/N-ethyl adjacent to an activating group) is 2. The minimum atomic E-state index is 0.0499. The molecule has 0 saturated carbocycles. The molecule has 0 spiro atoms.